The van der Waals surface area contributed by atoms with Gasteiger partial charge in [-0.3, -0.25) is 4.79 Å². The van der Waals surface area contributed by atoms with Crippen molar-refractivity contribution in [2.45, 2.75) is 57.4 Å². The number of aromatic nitrogens is 2. The molecular formula is C20H25N3O2. The molecule has 2 fully saturated rings. The second-order valence-electron chi connectivity index (χ2n) is 7.55. The molecule has 1 aromatic heterocycles. The molecule has 4 rings (SSSR count). The van der Waals surface area contributed by atoms with Crippen LogP contribution in [0, 0.1) is 5.92 Å². The maximum Gasteiger partial charge on any atom is 0.249 e. The predicted molar refractivity (Wildman–Crippen MR) is 94.0 cm³/mol. The van der Waals surface area contributed by atoms with Gasteiger partial charge in [-0.1, -0.05) is 49.3 Å². The first-order valence-corrected chi connectivity index (χ1v) is 9.34. The molecule has 1 saturated carbocycles. The van der Waals surface area contributed by atoms with Gasteiger partial charge in [-0.25, -0.2) is 0 Å². The molecule has 2 aromatic rings. The van der Waals surface area contributed by atoms with E-state index in [1.165, 1.54) is 5.56 Å². The van der Waals surface area contributed by atoms with Gasteiger partial charge in [0.2, 0.25) is 11.8 Å². The molecule has 3 unspecified atom stereocenters. The Morgan fingerprint density at radius 1 is 1.24 bits per heavy atom. The maximum atomic E-state index is 13.1. The maximum absolute atomic E-state index is 13.1. The van der Waals surface area contributed by atoms with Crippen LogP contribution >= 0.6 is 0 Å². The standard InChI is InChI=1S/C20H25N3O2/c1-13(2)18-21-19(25-22-18)17-10-6-7-11-23(17)20(24)16-12-15(16)14-8-4-3-5-9-14/h3-5,8-9,13,15-17H,6-7,10-12H2,1-2H3. The van der Waals surface area contributed by atoms with Crippen LogP contribution in [0.5, 0.6) is 0 Å². The number of benzene rings is 1. The first-order chi connectivity index (χ1) is 12.1. The van der Waals surface area contributed by atoms with Crippen LogP contribution < -0.4 is 0 Å². The number of carbonyl (C=O) groups is 1. The molecule has 5 nitrogen and oxygen atoms in total. The van der Waals surface area contributed by atoms with Crippen molar-refractivity contribution in [3.63, 3.8) is 0 Å². The average molecular weight is 339 g/mol. The third-order valence-electron chi connectivity index (χ3n) is 5.38. The van der Waals surface area contributed by atoms with Crippen LogP contribution in [0.15, 0.2) is 34.9 Å². The molecule has 1 saturated heterocycles. The lowest BCUT2D eigenvalue weighted by atomic mass is 10.0. The molecule has 1 aliphatic heterocycles. The zero-order chi connectivity index (χ0) is 17.4. The van der Waals surface area contributed by atoms with Gasteiger partial charge in [-0.15, -0.1) is 0 Å². The SMILES string of the molecule is CC(C)c1noc(C2CCCCN2C(=O)C2CC2c2ccccc2)n1. The minimum absolute atomic E-state index is 0.0572. The van der Waals surface area contributed by atoms with Crippen LogP contribution in [-0.4, -0.2) is 27.5 Å². The summed E-state index contributed by atoms with van der Waals surface area (Å²) in [6, 6.07) is 10.3. The monoisotopic (exact) mass is 339 g/mol. The second kappa shape index (κ2) is 6.62. The molecule has 1 amide bonds. The van der Waals surface area contributed by atoms with Crippen LogP contribution in [0.25, 0.3) is 0 Å². The number of carbonyl (C=O) groups excluding carboxylic acids is 1. The number of amides is 1. The van der Waals surface area contributed by atoms with Crippen molar-refractivity contribution in [1.29, 1.82) is 0 Å². The summed E-state index contributed by atoms with van der Waals surface area (Å²) >= 11 is 0. The van der Waals surface area contributed by atoms with E-state index in [0.717, 1.165) is 38.1 Å². The van der Waals surface area contributed by atoms with Crippen molar-refractivity contribution in [1.82, 2.24) is 15.0 Å². The van der Waals surface area contributed by atoms with E-state index in [-0.39, 0.29) is 23.8 Å². The second-order valence-corrected chi connectivity index (χ2v) is 7.55. The number of likely N-dealkylation sites (tertiary alicyclic amines) is 1. The van der Waals surface area contributed by atoms with Gasteiger partial charge >= 0.3 is 0 Å². The number of rotatable bonds is 4. The Hall–Kier alpha value is -2.17. The van der Waals surface area contributed by atoms with Crippen LogP contribution in [0.3, 0.4) is 0 Å². The van der Waals surface area contributed by atoms with E-state index in [0.29, 0.717) is 11.8 Å². The van der Waals surface area contributed by atoms with E-state index >= 15 is 0 Å². The van der Waals surface area contributed by atoms with Crippen LogP contribution in [0.2, 0.25) is 0 Å². The Morgan fingerprint density at radius 2 is 2.04 bits per heavy atom. The van der Waals surface area contributed by atoms with Gasteiger partial charge in [-0.05, 0) is 37.2 Å². The number of hydrogen-bond donors (Lipinski definition) is 0. The van der Waals surface area contributed by atoms with E-state index in [4.69, 9.17) is 4.52 Å². The molecule has 3 atom stereocenters. The van der Waals surface area contributed by atoms with Crippen LogP contribution in [0.1, 0.15) is 74.7 Å². The van der Waals surface area contributed by atoms with E-state index in [1.807, 2.05) is 36.9 Å². The summed E-state index contributed by atoms with van der Waals surface area (Å²) < 4.78 is 5.50. The third kappa shape index (κ3) is 3.20. The third-order valence-corrected chi connectivity index (χ3v) is 5.38. The van der Waals surface area contributed by atoms with Gasteiger partial charge in [0.25, 0.3) is 0 Å². The van der Waals surface area contributed by atoms with Gasteiger partial charge in [0.15, 0.2) is 5.82 Å². The zero-order valence-corrected chi connectivity index (χ0v) is 14.9. The average Bonchev–Trinajstić information content (AvgIpc) is 3.29. The highest BCUT2D eigenvalue weighted by atomic mass is 16.5. The fourth-order valence-corrected chi connectivity index (χ4v) is 3.82. The number of hydrogen-bond acceptors (Lipinski definition) is 4. The molecule has 2 heterocycles. The van der Waals surface area contributed by atoms with Gasteiger partial charge in [0.1, 0.15) is 6.04 Å². The minimum Gasteiger partial charge on any atom is -0.337 e. The molecule has 0 bridgehead atoms. The minimum atomic E-state index is -0.0572. The number of nitrogens with zero attached hydrogens (tertiary/aromatic N) is 3. The molecular weight excluding hydrogens is 314 g/mol. The highest BCUT2D eigenvalue weighted by Gasteiger charge is 2.47. The van der Waals surface area contributed by atoms with Crippen molar-refractivity contribution in [2.24, 2.45) is 5.92 Å². The summed E-state index contributed by atoms with van der Waals surface area (Å²) in [5, 5.41) is 4.08. The highest BCUT2D eigenvalue weighted by molar-refractivity contribution is 5.83. The summed E-state index contributed by atoms with van der Waals surface area (Å²) in [6.07, 6.45) is 4.01. The van der Waals surface area contributed by atoms with Gasteiger partial charge in [-0.2, -0.15) is 4.98 Å². The quantitative estimate of drug-likeness (QED) is 0.843. The van der Waals surface area contributed by atoms with Crippen molar-refractivity contribution in [3.8, 4) is 0 Å². The molecule has 0 N–H and O–H groups in total. The molecule has 0 radical (unpaired) electrons. The van der Waals surface area contributed by atoms with Crippen molar-refractivity contribution in [3.05, 3.63) is 47.6 Å². The first-order valence-electron chi connectivity index (χ1n) is 9.34. The molecule has 2 aliphatic rings. The fraction of sp³-hybridized carbons (Fsp3) is 0.550. The van der Waals surface area contributed by atoms with Gasteiger partial charge < -0.3 is 9.42 Å². The molecule has 1 aromatic carbocycles. The summed E-state index contributed by atoms with van der Waals surface area (Å²) in [4.78, 5) is 19.7. The molecule has 1 aliphatic carbocycles. The Labute approximate surface area is 148 Å². The Bertz CT molecular complexity index is 740. The summed E-state index contributed by atoms with van der Waals surface area (Å²) in [5.41, 5.74) is 1.27. The summed E-state index contributed by atoms with van der Waals surface area (Å²) in [6.45, 7) is 4.89. The lowest BCUT2D eigenvalue weighted by Crippen LogP contribution is -2.39. The van der Waals surface area contributed by atoms with Crippen molar-refractivity contribution in [2.75, 3.05) is 6.54 Å². The molecule has 5 heteroatoms. The van der Waals surface area contributed by atoms with E-state index in [1.54, 1.807) is 0 Å². The molecule has 0 spiro atoms. The smallest absolute Gasteiger partial charge is 0.249 e. The van der Waals surface area contributed by atoms with E-state index in [9.17, 15) is 4.79 Å². The first kappa shape index (κ1) is 16.3. The predicted octanol–water partition coefficient (Wildman–Crippen LogP) is 4.05. The molecule has 132 valence electrons. The van der Waals surface area contributed by atoms with Crippen LogP contribution in [0.4, 0.5) is 0 Å². The van der Waals surface area contributed by atoms with Crippen molar-refractivity contribution >= 4 is 5.91 Å². The van der Waals surface area contributed by atoms with Gasteiger partial charge in [0, 0.05) is 18.4 Å². The highest BCUT2D eigenvalue weighted by Crippen LogP contribution is 2.49. The lowest BCUT2D eigenvalue weighted by molar-refractivity contribution is -0.137. The summed E-state index contributed by atoms with van der Waals surface area (Å²) in [5.74, 6) is 2.29. The Morgan fingerprint density at radius 3 is 2.76 bits per heavy atom. The number of piperidine rings is 1. The largest absolute Gasteiger partial charge is 0.337 e. The van der Waals surface area contributed by atoms with Gasteiger partial charge in [0.05, 0.1) is 0 Å². The summed E-state index contributed by atoms with van der Waals surface area (Å²) in [7, 11) is 0. The Balaban J connectivity index is 1.50. The normalized spacial score (nSPS) is 26.0. The fourth-order valence-electron chi connectivity index (χ4n) is 3.82. The van der Waals surface area contributed by atoms with E-state index < -0.39 is 0 Å². The van der Waals surface area contributed by atoms with Crippen molar-refractivity contribution < 1.29 is 9.32 Å². The lowest BCUT2D eigenvalue weighted by Gasteiger charge is -2.33. The van der Waals surface area contributed by atoms with Crippen LogP contribution in [-0.2, 0) is 4.79 Å². The Kier molecular flexibility index (Phi) is 4.32. The zero-order valence-electron chi connectivity index (χ0n) is 14.9. The topological polar surface area (TPSA) is 59.2 Å². The molecule has 25 heavy (non-hydrogen) atoms. The van der Waals surface area contributed by atoms with E-state index in [2.05, 4.69) is 22.3 Å².